The van der Waals surface area contributed by atoms with Gasteiger partial charge in [0.15, 0.2) is 0 Å². The molecular formula is C14H15N3O2S. The van der Waals surface area contributed by atoms with Gasteiger partial charge in [-0.15, -0.1) is 11.3 Å². The molecule has 2 rings (SSSR count). The summed E-state index contributed by atoms with van der Waals surface area (Å²) >= 11 is 1.31. The zero-order valence-corrected chi connectivity index (χ0v) is 12.1. The van der Waals surface area contributed by atoms with Crippen molar-refractivity contribution < 1.29 is 9.90 Å². The van der Waals surface area contributed by atoms with E-state index >= 15 is 0 Å². The number of aliphatic hydroxyl groups is 1. The lowest BCUT2D eigenvalue weighted by Crippen LogP contribution is -2.22. The third-order valence-corrected chi connectivity index (χ3v) is 3.90. The third-order valence-electron chi connectivity index (χ3n) is 2.90. The molecule has 2 aromatic rings. The SMILES string of the molecule is Cc1c(CNC(=O)c2ccc(C#CCO)s2)cnn1C. The van der Waals surface area contributed by atoms with Gasteiger partial charge in [0.1, 0.15) is 6.61 Å². The number of aromatic nitrogens is 2. The first kappa shape index (κ1) is 14.3. The molecule has 0 atom stereocenters. The van der Waals surface area contributed by atoms with Crippen LogP contribution in [0.4, 0.5) is 0 Å². The molecule has 0 aliphatic carbocycles. The first-order valence-corrected chi connectivity index (χ1v) is 6.88. The number of nitrogens with one attached hydrogen (secondary N) is 1. The van der Waals surface area contributed by atoms with Gasteiger partial charge in [-0.25, -0.2) is 0 Å². The molecule has 5 nitrogen and oxygen atoms in total. The Kier molecular flexibility index (Phi) is 4.56. The number of rotatable bonds is 3. The topological polar surface area (TPSA) is 67.2 Å². The summed E-state index contributed by atoms with van der Waals surface area (Å²) in [5.74, 6) is 5.21. The van der Waals surface area contributed by atoms with Crippen LogP contribution < -0.4 is 5.32 Å². The minimum atomic E-state index is -0.181. The molecule has 0 fully saturated rings. The molecule has 2 heterocycles. The summed E-state index contributed by atoms with van der Waals surface area (Å²) in [6, 6.07) is 3.51. The van der Waals surface area contributed by atoms with Crippen molar-refractivity contribution in [2.45, 2.75) is 13.5 Å². The smallest absolute Gasteiger partial charge is 0.261 e. The van der Waals surface area contributed by atoms with Crippen LogP contribution in [0.15, 0.2) is 18.3 Å². The Labute approximate surface area is 121 Å². The number of aryl methyl sites for hydroxylation is 1. The molecule has 0 unspecified atom stereocenters. The van der Waals surface area contributed by atoms with Crippen molar-refractivity contribution in [3.63, 3.8) is 0 Å². The standard InChI is InChI=1S/C14H15N3O2S/c1-10-11(9-16-17(10)2)8-15-14(19)13-6-5-12(20-13)4-3-7-18/h5-6,9,18H,7-8H2,1-2H3,(H,15,19). The molecule has 0 aromatic carbocycles. The lowest BCUT2D eigenvalue weighted by atomic mass is 10.2. The average molecular weight is 289 g/mol. The van der Waals surface area contributed by atoms with Crippen LogP contribution in [0.25, 0.3) is 0 Å². The molecule has 0 spiro atoms. The van der Waals surface area contributed by atoms with Crippen molar-refractivity contribution in [2.24, 2.45) is 7.05 Å². The molecule has 6 heteroatoms. The monoisotopic (exact) mass is 289 g/mol. The van der Waals surface area contributed by atoms with Crippen molar-refractivity contribution in [3.05, 3.63) is 39.3 Å². The average Bonchev–Trinajstić information content (AvgIpc) is 3.03. The normalized spacial score (nSPS) is 9.95. The zero-order chi connectivity index (χ0) is 14.5. The van der Waals surface area contributed by atoms with Crippen LogP contribution in [0.3, 0.4) is 0 Å². The minimum Gasteiger partial charge on any atom is -0.384 e. The van der Waals surface area contributed by atoms with E-state index in [2.05, 4.69) is 22.3 Å². The highest BCUT2D eigenvalue weighted by Crippen LogP contribution is 2.15. The second kappa shape index (κ2) is 6.37. The van der Waals surface area contributed by atoms with E-state index in [4.69, 9.17) is 5.11 Å². The molecule has 2 aromatic heterocycles. The maximum atomic E-state index is 12.0. The molecule has 2 N–H and O–H groups in total. The van der Waals surface area contributed by atoms with Crippen molar-refractivity contribution in [2.75, 3.05) is 6.61 Å². The molecule has 0 bridgehead atoms. The van der Waals surface area contributed by atoms with Gasteiger partial charge in [0.2, 0.25) is 0 Å². The highest BCUT2D eigenvalue weighted by atomic mass is 32.1. The number of nitrogens with zero attached hydrogens (tertiary/aromatic N) is 2. The Bertz CT molecular complexity index is 676. The van der Waals surface area contributed by atoms with Crippen LogP contribution in [-0.2, 0) is 13.6 Å². The Hall–Kier alpha value is -2.10. The number of hydrogen-bond donors (Lipinski definition) is 2. The maximum Gasteiger partial charge on any atom is 0.261 e. The van der Waals surface area contributed by atoms with Gasteiger partial charge in [0, 0.05) is 24.8 Å². The summed E-state index contributed by atoms with van der Waals surface area (Å²) in [6.45, 7) is 2.23. The van der Waals surface area contributed by atoms with Crippen LogP contribution in [0.2, 0.25) is 0 Å². The Morgan fingerprint density at radius 3 is 3.00 bits per heavy atom. The van der Waals surface area contributed by atoms with Gasteiger partial charge in [-0.05, 0) is 19.1 Å². The molecule has 0 radical (unpaired) electrons. The van der Waals surface area contributed by atoms with Crippen LogP contribution in [0.5, 0.6) is 0 Å². The first-order chi connectivity index (χ1) is 9.61. The number of aliphatic hydroxyl groups excluding tert-OH is 1. The van der Waals surface area contributed by atoms with Gasteiger partial charge in [0.05, 0.1) is 16.0 Å². The fraction of sp³-hybridized carbons (Fsp3) is 0.286. The third kappa shape index (κ3) is 3.26. The van der Waals surface area contributed by atoms with Gasteiger partial charge in [-0.3, -0.25) is 9.48 Å². The second-order valence-corrected chi connectivity index (χ2v) is 5.27. The summed E-state index contributed by atoms with van der Waals surface area (Å²) in [5.41, 5.74) is 2.03. The van der Waals surface area contributed by atoms with E-state index in [-0.39, 0.29) is 12.5 Å². The van der Waals surface area contributed by atoms with Crippen LogP contribution >= 0.6 is 11.3 Å². The van der Waals surface area contributed by atoms with Crippen molar-refractivity contribution >= 4 is 17.2 Å². The second-order valence-electron chi connectivity index (χ2n) is 4.19. The molecular weight excluding hydrogens is 274 g/mol. The molecule has 20 heavy (non-hydrogen) atoms. The highest BCUT2D eigenvalue weighted by Gasteiger charge is 2.10. The molecule has 1 amide bonds. The largest absolute Gasteiger partial charge is 0.384 e. The summed E-state index contributed by atoms with van der Waals surface area (Å²) in [7, 11) is 1.87. The summed E-state index contributed by atoms with van der Waals surface area (Å²) in [4.78, 5) is 13.4. The van der Waals surface area contributed by atoms with Gasteiger partial charge in [-0.1, -0.05) is 11.8 Å². The van der Waals surface area contributed by atoms with Crippen LogP contribution in [-0.4, -0.2) is 27.4 Å². The maximum absolute atomic E-state index is 12.0. The summed E-state index contributed by atoms with van der Waals surface area (Å²) in [6.07, 6.45) is 1.75. The van der Waals surface area contributed by atoms with Crippen LogP contribution in [0.1, 0.15) is 25.8 Å². The predicted octanol–water partition coefficient (Wildman–Crippen LogP) is 1.06. The molecule has 0 aliphatic rings. The highest BCUT2D eigenvalue weighted by molar-refractivity contribution is 7.14. The Balaban J connectivity index is 1.98. The molecule has 0 saturated carbocycles. The zero-order valence-electron chi connectivity index (χ0n) is 11.3. The number of carbonyl (C=O) groups excluding carboxylic acids is 1. The van der Waals surface area contributed by atoms with E-state index in [1.54, 1.807) is 23.0 Å². The van der Waals surface area contributed by atoms with Crippen molar-refractivity contribution in [1.82, 2.24) is 15.1 Å². The van der Waals surface area contributed by atoms with E-state index in [1.807, 2.05) is 14.0 Å². The molecule has 104 valence electrons. The lowest BCUT2D eigenvalue weighted by molar-refractivity contribution is 0.0955. The van der Waals surface area contributed by atoms with Crippen LogP contribution in [0, 0.1) is 18.8 Å². The fourth-order valence-corrected chi connectivity index (χ4v) is 2.43. The number of thiophene rings is 1. The quantitative estimate of drug-likeness (QED) is 0.830. The number of amides is 1. The Morgan fingerprint density at radius 1 is 1.55 bits per heavy atom. The lowest BCUT2D eigenvalue weighted by Gasteiger charge is -2.03. The minimum absolute atomic E-state index is 0.129. The first-order valence-electron chi connectivity index (χ1n) is 6.07. The fourth-order valence-electron chi connectivity index (χ4n) is 1.63. The summed E-state index contributed by atoms with van der Waals surface area (Å²) in [5, 5.41) is 15.6. The molecule has 0 aliphatic heterocycles. The van der Waals surface area contributed by atoms with Crippen molar-refractivity contribution in [3.8, 4) is 11.8 Å². The van der Waals surface area contributed by atoms with E-state index in [9.17, 15) is 4.79 Å². The van der Waals surface area contributed by atoms with Crippen molar-refractivity contribution in [1.29, 1.82) is 0 Å². The summed E-state index contributed by atoms with van der Waals surface area (Å²) < 4.78 is 1.77. The van der Waals surface area contributed by atoms with E-state index in [0.717, 1.165) is 16.1 Å². The van der Waals surface area contributed by atoms with Gasteiger partial charge in [0.25, 0.3) is 5.91 Å². The van der Waals surface area contributed by atoms with E-state index in [0.29, 0.717) is 11.4 Å². The van der Waals surface area contributed by atoms with E-state index < -0.39 is 0 Å². The molecule has 0 saturated heterocycles. The van der Waals surface area contributed by atoms with E-state index in [1.165, 1.54) is 11.3 Å². The Morgan fingerprint density at radius 2 is 2.35 bits per heavy atom. The van der Waals surface area contributed by atoms with Gasteiger partial charge >= 0.3 is 0 Å². The van der Waals surface area contributed by atoms with Gasteiger partial charge < -0.3 is 10.4 Å². The van der Waals surface area contributed by atoms with Gasteiger partial charge in [-0.2, -0.15) is 5.10 Å². The predicted molar refractivity (Wildman–Crippen MR) is 77.4 cm³/mol. The number of hydrogen-bond acceptors (Lipinski definition) is 4. The number of carbonyl (C=O) groups is 1.